The van der Waals surface area contributed by atoms with Crippen molar-refractivity contribution in [3.63, 3.8) is 0 Å². The summed E-state index contributed by atoms with van der Waals surface area (Å²) in [5, 5.41) is 7.95. The number of benzene rings is 1. The van der Waals surface area contributed by atoms with E-state index >= 15 is 0 Å². The molecular weight excluding hydrogens is 246 g/mol. The van der Waals surface area contributed by atoms with Gasteiger partial charge in [-0.2, -0.15) is 5.10 Å². The van der Waals surface area contributed by atoms with Crippen molar-refractivity contribution in [3.05, 3.63) is 47.8 Å². The fourth-order valence-corrected chi connectivity index (χ4v) is 2.04. The smallest absolute Gasteiger partial charge is 0.0815 e. The van der Waals surface area contributed by atoms with Crippen LogP contribution in [0.25, 0.3) is 0 Å². The van der Waals surface area contributed by atoms with Gasteiger partial charge in [0, 0.05) is 17.9 Å². The first-order valence-electron chi connectivity index (χ1n) is 7.25. The molecule has 0 atom stereocenters. The van der Waals surface area contributed by atoms with Gasteiger partial charge in [0.1, 0.15) is 0 Å². The molecule has 0 fully saturated rings. The highest BCUT2D eigenvalue weighted by Crippen LogP contribution is 2.23. The SMILES string of the molecule is CC(C)n1ccc(CNc2ccc(C(C)(C)C)cc2)n1. The first-order valence-corrected chi connectivity index (χ1v) is 7.25. The Bertz CT molecular complexity index is 544. The maximum Gasteiger partial charge on any atom is 0.0815 e. The molecule has 1 heterocycles. The van der Waals surface area contributed by atoms with Gasteiger partial charge in [0.05, 0.1) is 12.2 Å². The third-order valence-electron chi connectivity index (χ3n) is 3.42. The van der Waals surface area contributed by atoms with Crippen molar-refractivity contribution in [1.29, 1.82) is 0 Å². The molecule has 0 aliphatic heterocycles. The van der Waals surface area contributed by atoms with Crippen LogP contribution in [-0.2, 0) is 12.0 Å². The summed E-state index contributed by atoms with van der Waals surface area (Å²) in [7, 11) is 0. The van der Waals surface area contributed by atoms with Crippen molar-refractivity contribution in [3.8, 4) is 0 Å². The normalized spacial score (nSPS) is 11.9. The molecule has 1 aromatic carbocycles. The molecule has 0 radical (unpaired) electrons. The molecule has 0 unspecified atom stereocenters. The molecule has 0 bridgehead atoms. The van der Waals surface area contributed by atoms with E-state index in [1.807, 2.05) is 10.9 Å². The van der Waals surface area contributed by atoms with Crippen LogP contribution in [0.15, 0.2) is 36.5 Å². The summed E-state index contributed by atoms with van der Waals surface area (Å²) in [4.78, 5) is 0. The average Bonchev–Trinajstić information content (AvgIpc) is 2.85. The van der Waals surface area contributed by atoms with Crippen LogP contribution in [-0.4, -0.2) is 9.78 Å². The van der Waals surface area contributed by atoms with Crippen molar-refractivity contribution in [2.24, 2.45) is 0 Å². The van der Waals surface area contributed by atoms with Gasteiger partial charge in [-0.3, -0.25) is 4.68 Å². The molecule has 108 valence electrons. The van der Waals surface area contributed by atoms with Crippen LogP contribution in [0, 0.1) is 0 Å². The molecule has 0 saturated heterocycles. The van der Waals surface area contributed by atoms with Crippen LogP contribution >= 0.6 is 0 Å². The van der Waals surface area contributed by atoms with E-state index in [0.29, 0.717) is 6.04 Å². The Kier molecular flexibility index (Phi) is 4.17. The largest absolute Gasteiger partial charge is 0.379 e. The Morgan fingerprint density at radius 3 is 2.25 bits per heavy atom. The summed E-state index contributed by atoms with van der Waals surface area (Å²) in [6.45, 7) is 11.7. The summed E-state index contributed by atoms with van der Waals surface area (Å²) in [5.41, 5.74) is 3.76. The Balaban J connectivity index is 1.97. The van der Waals surface area contributed by atoms with Gasteiger partial charge >= 0.3 is 0 Å². The highest BCUT2D eigenvalue weighted by atomic mass is 15.3. The van der Waals surface area contributed by atoms with E-state index < -0.39 is 0 Å². The van der Waals surface area contributed by atoms with Crippen molar-refractivity contribution >= 4 is 5.69 Å². The molecule has 1 N–H and O–H groups in total. The molecule has 3 nitrogen and oxygen atoms in total. The van der Waals surface area contributed by atoms with E-state index in [4.69, 9.17) is 0 Å². The highest BCUT2D eigenvalue weighted by molar-refractivity contribution is 5.45. The lowest BCUT2D eigenvalue weighted by atomic mass is 9.87. The minimum Gasteiger partial charge on any atom is -0.379 e. The van der Waals surface area contributed by atoms with E-state index in [0.717, 1.165) is 17.9 Å². The summed E-state index contributed by atoms with van der Waals surface area (Å²) in [6, 6.07) is 11.1. The number of rotatable bonds is 4. The Morgan fingerprint density at radius 2 is 1.75 bits per heavy atom. The van der Waals surface area contributed by atoms with Crippen LogP contribution in [0.1, 0.15) is 51.9 Å². The fourth-order valence-electron chi connectivity index (χ4n) is 2.04. The molecule has 3 heteroatoms. The lowest BCUT2D eigenvalue weighted by Gasteiger charge is -2.19. The summed E-state index contributed by atoms with van der Waals surface area (Å²) in [6.07, 6.45) is 2.03. The van der Waals surface area contributed by atoms with E-state index in [1.54, 1.807) is 0 Å². The number of nitrogens with zero attached hydrogens (tertiary/aromatic N) is 2. The molecular formula is C17H25N3. The van der Waals surface area contributed by atoms with Crippen molar-refractivity contribution < 1.29 is 0 Å². The number of hydrogen-bond donors (Lipinski definition) is 1. The van der Waals surface area contributed by atoms with Gasteiger partial charge < -0.3 is 5.32 Å². The van der Waals surface area contributed by atoms with Crippen molar-refractivity contribution in [1.82, 2.24) is 9.78 Å². The molecule has 2 rings (SSSR count). The minimum absolute atomic E-state index is 0.203. The topological polar surface area (TPSA) is 29.9 Å². The second kappa shape index (κ2) is 5.70. The predicted octanol–water partition coefficient (Wildman–Crippen LogP) is 4.37. The predicted molar refractivity (Wildman–Crippen MR) is 85.1 cm³/mol. The monoisotopic (exact) mass is 271 g/mol. The second-order valence-electron chi connectivity index (χ2n) is 6.56. The average molecular weight is 271 g/mol. The Labute approximate surface area is 122 Å². The molecule has 0 aliphatic rings. The lowest BCUT2D eigenvalue weighted by molar-refractivity contribution is 0.527. The van der Waals surface area contributed by atoms with Gasteiger partial charge in [-0.25, -0.2) is 0 Å². The van der Waals surface area contributed by atoms with Gasteiger partial charge in [-0.1, -0.05) is 32.9 Å². The van der Waals surface area contributed by atoms with E-state index in [-0.39, 0.29) is 5.41 Å². The molecule has 0 spiro atoms. The van der Waals surface area contributed by atoms with E-state index in [2.05, 4.69) is 75.4 Å². The number of hydrogen-bond acceptors (Lipinski definition) is 2. The number of aromatic nitrogens is 2. The van der Waals surface area contributed by atoms with Crippen molar-refractivity contribution in [2.45, 2.75) is 52.6 Å². The standard InChI is InChI=1S/C17H25N3/c1-13(2)20-11-10-16(19-20)12-18-15-8-6-14(7-9-15)17(3,4)5/h6-11,13,18H,12H2,1-5H3. The summed E-state index contributed by atoms with van der Waals surface area (Å²) >= 11 is 0. The molecule has 0 saturated carbocycles. The third-order valence-corrected chi connectivity index (χ3v) is 3.42. The first-order chi connectivity index (χ1) is 9.36. The van der Waals surface area contributed by atoms with Crippen LogP contribution in [0.2, 0.25) is 0 Å². The highest BCUT2D eigenvalue weighted by Gasteiger charge is 2.12. The molecule has 0 aliphatic carbocycles. The molecule has 20 heavy (non-hydrogen) atoms. The zero-order valence-corrected chi connectivity index (χ0v) is 13.1. The summed E-state index contributed by atoms with van der Waals surface area (Å²) in [5.74, 6) is 0. The first kappa shape index (κ1) is 14.6. The zero-order valence-electron chi connectivity index (χ0n) is 13.1. The van der Waals surface area contributed by atoms with Gasteiger partial charge in [0.15, 0.2) is 0 Å². The van der Waals surface area contributed by atoms with Crippen molar-refractivity contribution in [2.75, 3.05) is 5.32 Å². The number of nitrogens with one attached hydrogen (secondary N) is 1. The Morgan fingerprint density at radius 1 is 1.10 bits per heavy atom. The van der Waals surface area contributed by atoms with Gasteiger partial charge in [0.25, 0.3) is 0 Å². The van der Waals surface area contributed by atoms with Gasteiger partial charge in [-0.15, -0.1) is 0 Å². The molecule has 2 aromatic rings. The quantitative estimate of drug-likeness (QED) is 0.894. The number of anilines is 1. The van der Waals surface area contributed by atoms with Crippen LogP contribution in [0.3, 0.4) is 0 Å². The second-order valence-corrected chi connectivity index (χ2v) is 6.56. The minimum atomic E-state index is 0.203. The summed E-state index contributed by atoms with van der Waals surface area (Å²) < 4.78 is 1.99. The fraction of sp³-hybridized carbons (Fsp3) is 0.471. The Hall–Kier alpha value is -1.77. The maximum absolute atomic E-state index is 4.54. The third kappa shape index (κ3) is 3.62. The van der Waals surface area contributed by atoms with Gasteiger partial charge in [-0.05, 0) is 43.0 Å². The molecule has 1 aromatic heterocycles. The van der Waals surface area contributed by atoms with Crippen LogP contribution in [0.5, 0.6) is 0 Å². The van der Waals surface area contributed by atoms with Crippen LogP contribution in [0.4, 0.5) is 5.69 Å². The maximum atomic E-state index is 4.54. The van der Waals surface area contributed by atoms with Gasteiger partial charge in [0.2, 0.25) is 0 Å². The zero-order chi connectivity index (χ0) is 14.8. The molecule has 0 amide bonds. The van der Waals surface area contributed by atoms with E-state index in [9.17, 15) is 0 Å². The lowest BCUT2D eigenvalue weighted by Crippen LogP contribution is -2.11. The van der Waals surface area contributed by atoms with E-state index in [1.165, 1.54) is 5.56 Å². The van der Waals surface area contributed by atoms with Crippen LogP contribution < -0.4 is 5.32 Å².